The van der Waals surface area contributed by atoms with Gasteiger partial charge in [0.1, 0.15) is 11.8 Å². The number of aliphatic carboxylic acids is 1. The van der Waals surface area contributed by atoms with E-state index in [4.69, 9.17) is 5.11 Å². The van der Waals surface area contributed by atoms with Crippen LogP contribution in [0, 0.1) is 5.41 Å². The van der Waals surface area contributed by atoms with Gasteiger partial charge in [-0.25, -0.2) is 4.79 Å². The average molecular weight is 252 g/mol. The molecule has 1 heterocycles. The first-order valence-corrected chi connectivity index (χ1v) is 5.39. The number of aromatic nitrogens is 1. The highest BCUT2D eigenvalue weighted by atomic mass is 16.4. The van der Waals surface area contributed by atoms with Gasteiger partial charge in [0, 0.05) is 6.20 Å². The number of carbonyl (C=O) groups is 2. The Kier molecular flexibility index (Phi) is 3.90. The first-order chi connectivity index (χ1) is 8.21. The summed E-state index contributed by atoms with van der Waals surface area (Å²) in [5.41, 5.74) is -0.503. The second-order valence-electron chi connectivity index (χ2n) is 5.04. The summed E-state index contributed by atoms with van der Waals surface area (Å²) in [6, 6.07) is 0.205. The fourth-order valence-electron chi connectivity index (χ4n) is 1.42. The lowest BCUT2D eigenvalue weighted by atomic mass is 9.86. The van der Waals surface area contributed by atoms with E-state index in [9.17, 15) is 14.7 Å². The SMILES string of the molecule is CC(C)(C)C(NC(=O)c1cncc(O)c1)C(=O)O. The molecular formula is C12H16N2O4. The third-order valence-electron chi connectivity index (χ3n) is 2.37. The number of nitrogens with zero attached hydrogens (tertiary/aromatic N) is 1. The van der Waals surface area contributed by atoms with Crippen LogP contribution in [0.15, 0.2) is 18.5 Å². The Hall–Kier alpha value is -2.11. The maximum Gasteiger partial charge on any atom is 0.326 e. The molecule has 0 saturated carbocycles. The maximum absolute atomic E-state index is 11.8. The highest BCUT2D eigenvalue weighted by molar-refractivity contribution is 5.96. The van der Waals surface area contributed by atoms with Crippen LogP contribution in [0.5, 0.6) is 5.75 Å². The van der Waals surface area contributed by atoms with Crippen molar-refractivity contribution in [2.45, 2.75) is 26.8 Å². The van der Waals surface area contributed by atoms with E-state index in [1.54, 1.807) is 20.8 Å². The van der Waals surface area contributed by atoms with Crippen molar-refractivity contribution in [1.82, 2.24) is 10.3 Å². The van der Waals surface area contributed by atoms with Gasteiger partial charge in [-0.3, -0.25) is 9.78 Å². The van der Waals surface area contributed by atoms with E-state index < -0.39 is 23.3 Å². The molecule has 0 fully saturated rings. The monoisotopic (exact) mass is 252 g/mol. The summed E-state index contributed by atoms with van der Waals surface area (Å²) in [7, 11) is 0. The highest BCUT2D eigenvalue weighted by Gasteiger charge is 2.32. The Labute approximate surface area is 105 Å². The summed E-state index contributed by atoms with van der Waals surface area (Å²) in [4.78, 5) is 26.6. The van der Waals surface area contributed by atoms with Gasteiger partial charge in [-0.15, -0.1) is 0 Å². The number of rotatable bonds is 3. The Morgan fingerprint density at radius 1 is 1.33 bits per heavy atom. The van der Waals surface area contributed by atoms with E-state index in [0.29, 0.717) is 0 Å². The second kappa shape index (κ2) is 5.03. The molecule has 1 aromatic heterocycles. The summed E-state index contributed by atoms with van der Waals surface area (Å²) in [5, 5.41) is 20.7. The van der Waals surface area contributed by atoms with Crippen LogP contribution in [0.25, 0.3) is 0 Å². The molecule has 98 valence electrons. The van der Waals surface area contributed by atoms with Crippen molar-refractivity contribution in [3.8, 4) is 5.75 Å². The lowest BCUT2D eigenvalue weighted by Gasteiger charge is -2.27. The highest BCUT2D eigenvalue weighted by Crippen LogP contribution is 2.20. The number of amides is 1. The third-order valence-corrected chi connectivity index (χ3v) is 2.37. The second-order valence-corrected chi connectivity index (χ2v) is 5.04. The van der Waals surface area contributed by atoms with Crippen molar-refractivity contribution >= 4 is 11.9 Å². The van der Waals surface area contributed by atoms with Crippen LogP contribution in [0.3, 0.4) is 0 Å². The van der Waals surface area contributed by atoms with E-state index in [0.717, 1.165) is 0 Å². The van der Waals surface area contributed by atoms with Crippen LogP contribution >= 0.6 is 0 Å². The lowest BCUT2D eigenvalue weighted by molar-refractivity contribution is -0.142. The van der Waals surface area contributed by atoms with Gasteiger partial charge in [0.15, 0.2) is 0 Å². The summed E-state index contributed by atoms with van der Waals surface area (Å²) in [6.45, 7) is 5.15. The van der Waals surface area contributed by atoms with Crippen LogP contribution in [0.4, 0.5) is 0 Å². The van der Waals surface area contributed by atoms with Crippen molar-refractivity contribution in [3.05, 3.63) is 24.0 Å². The van der Waals surface area contributed by atoms with Crippen molar-refractivity contribution in [3.63, 3.8) is 0 Å². The quantitative estimate of drug-likeness (QED) is 0.745. The molecule has 1 atom stereocenters. The van der Waals surface area contributed by atoms with Crippen LogP contribution in [0.2, 0.25) is 0 Å². The van der Waals surface area contributed by atoms with Crippen molar-refractivity contribution in [2.75, 3.05) is 0 Å². The number of hydrogen-bond donors (Lipinski definition) is 3. The predicted molar refractivity (Wildman–Crippen MR) is 64.2 cm³/mol. The summed E-state index contributed by atoms with van der Waals surface area (Å²) < 4.78 is 0. The Morgan fingerprint density at radius 2 is 1.94 bits per heavy atom. The minimum atomic E-state index is -1.11. The smallest absolute Gasteiger partial charge is 0.326 e. The van der Waals surface area contributed by atoms with Crippen LogP contribution in [-0.2, 0) is 4.79 Å². The Balaban J connectivity index is 2.89. The fraction of sp³-hybridized carbons (Fsp3) is 0.417. The van der Waals surface area contributed by atoms with Gasteiger partial charge in [-0.1, -0.05) is 20.8 Å². The molecule has 0 aromatic carbocycles. The zero-order valence-corrected chi connectivity index (χ0v) is 10.5. The summed E-state index contributed by atoms with van der Waals surface area (Å²) in [6.07, 6.45) is 2.45. The van der Waals surface area contributed by atoms with Gasteiger partial charge < -0.3 is 15.5 Å². The Bertz CT molecular complexity index is 465. The molecule has 6 nitrogen and oxygen atoms in total. The van der Waals surface area contributed by atoms with Crippen LogP contribution in [0.1, 0.15) is 31.1 Å². The topological polar surface area (TPSA) is 99.5 Å². The number of carbonyl (C=O) groups excluding carboxylic acids is 1. The van der Waals surface area contributed by atoms with Crippen molar-refractivity contribution < 1.29 is 19.8 Å². The summed E-state index contributed by atoms with van der Waals surface area (Å²) >= 11 is 0. The van der Waals surface area contributed by atoms with Crippen LogP contribution < -0.4 is 5.32 Å². The predicted octanol–water partition coefficient (Wildman–Crippen LogP) is 1.02. The van der Waals surface area contributed by atoms with Gasteiger partial charge in [-0.2, -0.15) is 0 Å². The number of carboxylic acids is 1. The molecule has 0 aliphatic carbocycles. The Morgan fingerprint density at radius 3 is 2.39 bits per heavy atom. The number of aromatic hydroxyl groups is 1. The van der Waals surface area contributed by atoms with Crippen molar-refractivity contribution in [1.29, 1.82) is 0 Å². The van der Waals surface area contributed by atoms with E-state index in [2.05, 4.69) is 10.3 Å². The van der Waals surface area contributed by atoms with E-state index in [1.807, 2.05) is 0 Å². The van der Waals surface area contributed by atoms with E-state index in [1.165, 1.54) is 18.5 Å². The molecule has 0 radical (unpaired) electrons. The molecule has 0 aliphatic rings. The fourth-order valence-corrected chi connectivity index (χ4v) is 1.42. The zero-order chi connectivity index (χ0) is 13.9. The van der Waals surface area contributed by atoms with Gasteiger partial charge in [-0.05, 0) is 11.5 Å². The zero-order valence-electron chi connectivity index (χ0n) is 10.5. The number of nitrogens with one attached hydrogen (secondary N) is 1. The van der Waals surface area contributed by atoms with E-state index in [-0.39, 0.29) is 11.3 Å². The minimum Gasteiger partial charge on any atom is -0.506 e. The molecule has 3 N–H and O–H groups in total. The van der Waals surface area contributed by atoms with E-state index >= 15 is 0 Å². The van der Waals surface area contributed by atoms with Gasteiger partial charge in [0.2, 0.25) is 0 Å². The lowest BCUT2D eigenvalue weighted by Crippen LogP contribution is -2.49. The normalized spacial score (nSPS) is 12.8. The third kappa shape index (κ3) is 3.44. The molecule has 1 rings (SSSR count). The van der Waals surface area contributed by atoms with Gasteiger partial charge in [0.25, 0.3) is 5.91 Å². The first kappa shape index (κ1) is 14.0. The largest absolute Gasteiger partial charge is 0.506 e. The molecule has 0 aliphatic heterocycles. The molecule has 18 heavy (non-hydrogen) atoms. The number of carboxylic acid groups (broad SMARTS) is 1. The molecular weight excluding hydrogens is 236 g/mol. The molecule has 0 saturated heterocycles. The van der Waals surface area contributed by atoms with Gasteiger partial charge >= 0.3 is 5.97 Å². The standard InChI is InChI=1S/C12H16N2O4/c1-12(2,3)9(11(17)18)14-10(16)7-4-8(15)6-13-5-7/h4-6,9,15H,1-3H3,(H,14,16)(H,17,18). The molecule has 0 spiro atoms. The number of hydrogen-bond acceptors (Lipinski definition) is 4. The van der Waals surface area contributed by atoms with Gasteiger partial charge in [0.05, 0.1) is 11.8 Å². The average Bonchev–Trinajstić information content (AvgIpc) is 2.23. The summed E-state index contributed by atoms with van der Waals surface area (Å²) in [5.74, 6) is -1.84. The molecule has 1 aromatic rings. The van der Waals surface area contributed by atoms with Crippen molar-refractivity contribution in [2.24, 2.45) is 5.41 Å². The number of pyridine rings is 1. The molecule has 6 heteroatoms. The molecule has 1 unspecified atom stereocenters. The first-order valence-electron chi connectivity index (χ1n) is 5.39. The molecule has 1 amide bonds. The van der Waals surface area contributed by atoms with Crippen LogP contribution in [-0.4, -0.2) is 33.1 Å². The minimum absolute atomic E-state index is 0.116. The molecule has 0 bridgehead atoms. The maximum atomic E-state index is 11.8.